The van der Waals surface area contributed by atoms with Gasteiger partial charge in [-0.3, -0.25) is 14.5 Å². The van der Waals surface area contributed by atoms with Crippen molar-refractivity contribution in [3.8, 4) is 11.5 Å². The summed E-state index contributed by atoms with van der Waals surface area (Å²) in [6.45, 7) is 6.32. The Balaban J connectivity index is 1.62. The first kappa shape index (κ1) is 26.7. The van der Waals surface area contributed by atoms with Crippen molar-refractivity contribution in [3.05, 3.63) is 112 Å². The Labute approximate surface area is 231 Å². The predicted molar refractivity (Wildman–Crippen MR) is 151 cm³/mol. The van der Waals surface area contributed by atoms with Crippen LogP contribution in [0.3, 0.4) is 0 Å². The van der Waals surface area contributed by atoms with E-state index in [1.165, 1.54) is 12.0 Å². The highest BCUT2D eigenvalue weighted by molar-refractivity contribution is 6.10. The number of ether oxygens (including phenoxy) is 3. The van der Waals surface area contributed by atoms with Gasteiger partial charge in [0.2, 0.25) is 5.76 Å². The van der Waals surface area contributed by atoms with Crippen LogP contribution < -0.4 is 19.8 Å². The summed E-state index contributed by atoms with van der Waals surface area (Å²) in [5.41, 5.74) is 1.75. The molecule has 8 nitrogen and oxygen atoms in total. The number of amides is 1. The molecule has 0 fully saturated rings. The first-order valence-corrected chi connectivity index (χ1v) is 13.1. The number of hydrogen-bond donors (Lipinski definition) is 0. The average molecular weight is 540 g/mol. The molecule has 1 amide bonds. The van der Waals surface area contributed by atoms with Crippen molar-refractivity contribution in [2.75, 3.05) is 25.2 Å². The van der Waals surface area contributed by atoms with Gasteiger partial charge in [0, 0.05) is 5.69 Å². The Kier molecular flexibility index (Phi) is 7.68. The van der Waals surface area contributed by atoms with Crippen LogP contribution in [0.15, 0.2) is 88.6 Å². The lowest BCUT2D eigenvalue weighted by atomic mass is 9.97. The molecule has 0 spiro atoms. The van der Waals surface area contributed by atoms with E-state index >= 15 is 0 Å². The highest BCUT2D eigenvalue weighted by atomic mass is 16.5. The predicted octanol–water partition coefficient (Wildman–Crippen LogP) is 6.07. The third kappa shape index (κ3) is 4.84. The van der Waals surface area contributed by atoms with Crippen LogP contribution in [0, 0.1) is 0 Å². The van der Waals surface area contributed by atoms with Gasteiger partial charge < -0.3 is 18.6 Å². The summed E-state index contributed by atoms with van der Waals surface area (Å²) >= 11 is 0. The molecule has 40 heavy (non-hydrogen) atoms. The van der Waals surface area contributed by atoms with E-state index in [0.29, 0.717) is 45.9 Å². The molecule has 8 heteroatoms. The summed E-state index contributed by atoms with van der Waals surface area (Å²) in [7, 11) is 1.52. The normalized spacial score (nSPS) is 14.2. The maximum absolute atomic E-state index is 13.9. The quantitative estimate of drug-likeness (QED) is 0.137. The second kappa shape index (κ2) is 11.5. The van der Waals surface area contributed by atoms with Crippen LogP contribution in [0.1, 0.15) is 57.8 Å². The van der Waals surface area contributed by atoms with Crippen LogP contribution in [-0.4, -0.2) is 32.2 Å². The molecule has 2 heterocycles. The monoisotopic (exact) mass is 539 g/mol. The first-order chi connectivity index (χ1) is 19.5. The fraction of sp³-hybridized carbons (Fsp3) is 0.219. The number of fused-ring (bicyclic) bond motifs is 2. The highest BCUT2D eigenvalue weighted by Gasteiger charge is 2.44. The summed E-state index contributed by atoms with van der Waals surface area (Å²) in [6.07, 6.45) is 3.32. The number of hydrogen-bond acceptors (Lipinski definition) is 7. The zero-order valence-corrected chi connectivity index (χ0v) is 22.3. The molecule has 1 atom stereocenters. The smallest absolute Gasteiger partial charge is 0.338 e. The van der Waals surface area contributed by atoms with Gasteiger partial charge in [-0.15, -0.1) is 0 Å². The lowest BCUT2D eigenvalue weighted by Crippen LogP contribution is -2.29. The Hall–Kier alpha value is -4.85. The van der Waals surface area contributed by atoms with Crippen molar-refractivity contribution in [3.63, 3.8) is 0 Å². The van der Waals surface area contributed by atoms with Crippen LogP contribution >= 0.6 is 0 Å². The van der Waals surface area contributed by atoms with Crippen LogP contribution in [0.25, 0.3) is 11.0 Å². The van der Waals surface area contributed by atoms with E-state index in [-0.39, 0.29) is 23.4 Å². The summed E-state index contributed by atoms with van der Waals surface area (Å²) in [5.74, 6) is 0.0135. The molecular formula is C32H29NO7. The van der Waals surface area contributed by atoms with Crippen LogP contribution in [0.5, 0.6) is 11.5 Å². The lowest BCUT2D eigenvalue weighted by Gasteiger charge is -2.26. The number of methoxy groups -OCH3 is 1. The van der Waals surface area contributed by atoms with Crippen LogP contribution in [-0.2, 0) is 4.74 Å². The number of para-hydroxylation sites is 1. The van der Waals surface area contributed by atoms with E-state index in [2.05, 4.69) is 6.58 Å². The van der Waals surface area contributed by atoms with Gasteiger partial charge in [-0.2, -0.15) is 0 Å². The third-order valence-corrected chi connectivity index (χ3v) is 6.75. The molecule has 1 unspecified atom stereocenters. The SMILES string of the molecule is C=CCOc1ccc(C2c3c(oc4ccccc4c3=O)C(=O)N2c2ccc(C(=O)OCCCC)cc2)cc1OC. The largest absolute Gasteiger partial charge is 0.493 e. The number of anilines is 1. The van der Waals surface area contributed by atoms with Crippen molar-refractivity contribution in [2.45, 2.75) is 25.8 Å². The van der Waals surface area contributed by atoms with E-state index in [1.54, 1.807) is 72.8 Å². The van der Waals surface area contributed by atoms with Gasteiger partial charge in [0.05, 0.1) is 36.3 Å². The van der Waals surface area contributed by atoms with Crippen molar-refractivity contribution in [2.24, 2.45) is 0 Å². The average Bonchev–Trinajstić information content (AvgIpc) is 3.28. The maximum atomic E-state index is 13.9. The fourth-order valence-electron chi connectivity index (χ4n) is 4.77. The molecule has 1 aromatic heterocycles. The fourth-order valence-corrected chi connectivity index (χ4v) is 4.77. The number of benzene rings is 3. The summed E-state index contributed by atoms with van der Waals surface area (Å²) < 4.78 is 22.6. The maximum Gasteiger partial charge on any atom is 0.338 e. The van der Waals surface area contributed by atoms with Crippen LogP contribution in [0.4, 0.5) is 5.69 Å². The lowest BCUT2D eigenvalue weighted by molar-refractivity contribution is 0.0499. The van der Waals surface area contributed by atoms with E-state index in [4.69, 9.17) is 18.6 Å². The summed E-state index contributed by atoms with van der Waals surface area (Å²) in [5, 5.41) is 0.379. The Bertz CT molecular complexity index is 1640. The second-order valence-corrected chi connectivity index (χ2v) is 9.29. The number of nitrogens with zero attached hydrogens (tertiary/aromatic N) is 1. The molecule has 0 aliphatic carbocycles. The van der Waals surface area contributed by atoms with Gasteiger partial charge >= 0.3 is 5.97 Å². The van der Waals surface area contributed by atoms with Crippen molar-refractivity contribution >= 4 is 28.5 Å². The molecule has 4 aromatic rings. The van der Waals surface area contributed by atoms with Crippen LogP contribution in [0.2, 0.25) is 0 Å². The molecular weight excluding hydrogens is 510 g/mol. The summed E-state index contributed by atoms with van der Waals surface area (Å²) in [4.78, 5) is 41.6. The zero-order valence-electron chi connectivity index (χ0n) is 22.3. The van der Waals surface area contributed by atoms with E-state index in [9.17, 15) is 14.4 Å². The number of rotatable bonds is 10. The Morgan fingerprint density at radius 2 is 1.82 bits per heavy atom. The number of carbonyl (C=O) groups is 2. The topological polar surface area (TPSA) is 95.3 Å². The highest BCUT2D eigenvalue weighted by Crippen LogP contribution is 2.43. The first-order valence-electron chi connectivity index (χ1n) is 13.1. The molecule has 0 radical (unpaired) electrons. The molecule has 5 rings (SSSR count). The molecule has 1 aliphatic heterocycles. The van der Waals surface area contributed by atoms with Gasteiger partial charge in [0.15, 0.2) is 16.9 Å². The van der Waals surface area contributed by atoms with Gasteiger partial charge in [-0.05, 0) is 60.5 Å². The molecule has 204 valence electrons. The number of carbonyl (C=O) groups excluding carboxylic acids is 2. The Morgan fingerprint density at radius 1 is 1.05 bits per heavy atom. The van der Waals surface area contributed by atoms with Crippen molar-refractivity contribution < 1.29 is 28.2 Å². The van der Waals surface area contributed by atoms with Gasteiger partial charge in [-0.25, -0.2) is 4.79 Å². The summed E-state index contributed by atoms with van der Waals surface area (Å²) in [6, 6.07) is 17.8. The van der Waals surface area contributed by atoms with E-state index in [0.717, 1.165) is 12.8 Å². The second-order valence-electron chi connectivity index (χ2n) is 9.29. The van der Waals surface area contributed by atoms with Gasteiger partial charge in [0.1, 0.15) is 12.2 Å². The standard InChI is InChI=1S/C32H29NO7/c1-4-6-18-39-32(36)20-11-14-22(15-12-20)33-28(21-13-16-25(38-17-5-2)26(19-21)37-3)27-29(34)23-9-7-8-10-24(23)40-30(27)31(33)35/h5,7-16,19,28H,2,4,6,17-18H2,1,3H3. The Morgan fingerprint density at radius 3 is 2.55 bits per heavy atom. The third-order valence-electron chi connectivity index (χ3n) is 6.75. The molecule has 0 saturated carbocycles. The molecule has 0 saturated heterocycles. The van der Waals surface area contributed by atoms with Gasteiger partial charge in [-0.1, -0.05) is 44.2 Å². The minimum atomic E-state index is -0.812. The van der Waals surface area contributed by atoms with E-state index in [1.807, 2.05) is 6.92 Å². The molecule has 1 aliphatic rings. The minimum absolute atomic E-state index is 0.0253. The number of esters is 1. The molecule has 0 N–H and O–H groups in total. The molecule has 0 bridgehead atoms. The van der Waals surface area contributed by atoms with Crippen molar-refractivity contribution in [1.29, 1.82) is 0 Å². The van der Waals surface area contributed by atoms with Gasteiger partial charge in [0.25, 0.3) is 5.91 Å². The van der Waals surface area contributed by atoms with Crippen molar-refractivity contribution in [1.82, 2.24) is 0 Å². The minimum Gasteiger partial charge on any atom is -0.493 e. The molecule has 3 aromatic carbocycles. The number of unbranched alkanes of at least 4 members (excludes halogenated alkanes) is 1. The zero-order chi connectivity index (χ0) is 28.2. The van der Waals surface area contributed by atoms with E-state index < -0.39 is 17.9 Å².